The van der Waals surface area contributed by atoms with Gasteiger partial charge in [-0.05, 0) is 47.2 Å². The molecule has 0 saturated carbocycles. The van der Waals surface area contributed by atoms with E-state index in [-0.39, 0.29) is 17.6 Å². The van der Waals surface area contributed by atoms with Crippen LogP contribution >= 0.6 is 0 Å². The predicted octanol–water partition coefficient (Wildman–Crippen LogP) is 4.26. The molecule has 0 heterocycles. The molecule has 25 heavy (non-hydrogen) atoms. The van der Waals surface area contributed by atoms with Crippen molar-refractivity contribution in [2.24, 2.45) is 5.73 Å². The molecule has 1 amide bonds. The summed E-state index contributed by atoms with van der Waals surface area (Å²) >= 11 is 0. The van der Waals surface area contributed by atoms with Gasteiger partial charge in [0.2, 0.25) is 5.91 Å². The van der Waals surface area contributed by atoms with Gasteiger partial charge < -0.3 is 10.8 Å². The van der Waals surface area contributed by atoms with Crippen molar-refractivity contribution in [2.45, 2.75) is 18.8 Å². The van der Waals surface area contributed by atoms with Crippen molar-refractivity contribution in [3.63, 3.8) is 0 Å². The highest BCUT2D eigenvalue weighted by Crippen LogP contribution is 2.26. The first-order valence-electron chi connectivity index (χ1n) is 8.36. The van der Waals surface area contributed by atoms with Crippen LogP contribution in [0.4, 0.5) is 0 Å². The summed E-state index contributed by atoms with van der Waals surface area (Å²) in [6.07, 6.45) is 1.30. The number of rotatable bonds is 6. The Balaban J connectivity index is 1.75. The zero-order valence-corrected chi connectivity index (χ0v) is 13.9. The average Bonchev–Trinajstić information content (AvgIpc) is 2.63. The first kappa shape index (κ1) is 16.8. The van der Waals surface area contributed by atoms with E-state index in [4.69, 9.17) is 5.73 Å². The molecule has 3 heteroatoms. The second-order valence-electron chi connectivity index (χ2n) is 6.15. The van der Waals surface area contributed by atoms with E-state index >= 15 is 0 Å². The van der Waals surface area contributed by atoms with Crippen LogP contribution < -0.4 is 5.73 Å². The van der Waals surface area contributed by atoms with Crippen LogP contribution in [0, 0.1) is 0 Å². The molecule has 0 aliphatic carbocycles. The summed E-state index contributed by atoms with van der Waals surface area (Å²) < 4.78 is 0. The monoisotopic (exact) mass is 331 g/mol. The molecule has 3 nitrogen and oxygen atoms in total. The number of hydrogen-bond acceptors (Lipinski definition) is 2. The molecule has 3 aromatic rings. The summed E-state index contributed by atoms with van der Waals surface area (Å²) in [6, 6.07) is 25.2. The SMILES string of the molecule is NC(=O)C(CCc1cccc(O)c1)c1ccc(-c2ccccc2)cc1. The average molecular weight is 331 g/mol. The predicted molar refractivity (Wildman–Crippen MR) is 100 cm³/mol. The number of carbonyl (C=O) groups excluding carboxylic acids is 1. The number of primary amides is 1. The third kappa shape index (κ3) is 4.27. The van der Waals surface area contributed by atoms with Gasteiger partial charge in [0, 0.05) is 0 Å². The van der Waals surface area contributed by atoms with E-state index in [1.807, 2.05) is 48.5 Å². The molecule has 3 rings (SSSR count). The van der Waals surface area contributed by atoms with E-state index < -0.39 is 0 Å². The van der Waals surface area contributed by atoms with Crippen molar-refractivity contribution in [1.29, 1.82) is 0 Å². The van der Waals surface area contributed by atoms with Crippen LogP contribution in [0.1, 0.15) is 23.5 Å². The molecule has 1 unspecified atom stereocenters. The van der Waals surface area contributed by atoms with Crippen molar-refractivity contribution in [3.8, 4) is 16.9 Å². The molecule has 0 aliphatic rings. The number of amides is 1. The summed E-state index contributed by atoms with van der Waals surface area (Å²) in [5.74, 6) is -0.430. The Bertz CT molecular complexity index is 841. The zero-order chi connectivity index (χ0) is 17.6. The summed E-state index contributed by atoms with van der Waals surface area (Å²) in [7, 11) is 0. The fourth-order valence-corrected chi connectivity index (χ4v) is 3.03. The summed E-state index contributed by atoms with van der Waals surface area (Å²) in [6.45, 7) is 0. The van der Waals surface area contributed by atoms with Gasteiger partial charge in [-0.3, -0.25) is 4.79 Å². The van der Waals surface area contributed by atoms with Crippen LogP contribution in [0.3, 0.4) is 0 Å². The number of benzene rings is 3. The fourth-order valence-electron chi connectivity index (χ4n) is 3.03. The van der Waals surface area contributed by atoms with Crippen LogP contribution in [0.15, 0.2) is 78.9 Å². The lowest BCUT2D eigenvalue weighted by Gasteiger charge is -2.15. The highest BCUT2D eigenvalue weighted by atomic mass is 16.3. The van der Waals surface area contributed by atoms with Gasteiger partial charge in [0.25, 0.3) is 0 Å². The third-order valence-electron chi connectivity index (χ3n) is 4.40. The third-order valence-corrected chi connectivity index (χ3v) is 4.40. The maximum absolute atomic E-state index is 11.9. The lowest BCUT2D eigenvalue weighted by atomic mass is 9.90. The van der Waals surface area contributed by atoms with Gasteiger partial charge in [-0.25, -0.2) is 0 Å². The van der Waals surface area contributed by atoms with E-state index in [2.05, 4.69) is 12.1 Å². The lowest BCUT2D eigenvalue weighted by molar-refractivity contribution is -0.119. The molecule has 3 N–H and O–H groups in total. The largest absolute Gasteiger partial charge is 0.508 e. The van der Waals surface area contributed by atoms with Gasteiger partial charge in [0.15, 0.2) is 0 Å². The Morgan fingerprint density at radius 1 is 0.880 bits per heavy atom. The number of phenolic OH excluding ortho intramolecular Hbond substituents is 1. The van der Waals surface area contributed by atoms with Gasteiger partial charge in [0.1, 0.15) is 5.75 Å². The normalized spacial score (nSPS) is 11.8. The highest BCUT2D eigenvalue weighted by Gasteiger charge is 2.18. The molecule has 0 aliphatic heterocycles. The van der Waals surface area contributed by atoms with E-state index in [0.29, 0.717) is 12.8 Å². The quantitative estimate of drug-likeness (QED) is 0.709. The molecule has 0 bridgehead atoms. The van der Waals surface area contributed by atoms with E-state index in [1.165, 1.54) is 0 Å². The van der Waals surface area contributed by atoms with Crippen LogP contribution in [0.5, 0.6) is 5.75 Å². The summed E-state index contributed by atoms with van der Waals surface area (Å²) in [5, 5.41) is 9.55. The first-order valence-corrected chi connectivity index (χ1v) is 8.36. The molecular formula is C22H21NO2. The van der Waals surface area contributed by atoms with Gasteiger partial charge >= 0.3 is 0 Å². The minimum absolute atomic E-state index is 0.236. The molecule has 0 spiro atoms. The molecule has 0 radical (unpaired) electrons. The maximum Gasteiger partial charge on any atom is 0.224 e. The standard InChI is InChI=1S/C22H21NO2/c23-22(25)21(14-9-16-5-4-8-20(24)15-16)19-12-10-18(11-13-19)17-6-2-1-3-7-17/h1-8,10-13,15,21,24H,9,14H2,(H2,23,25). The van der Waals surface area contributed by atoms with Crippen molar-refractivity contribution in [1.82, 2.24) is 0 Å². The smallest absolute Gasteiger partial charge is 0.224 e. The maximum atomic E-state index is 11.9. The fraction of sp³-hybridized carbons (Fsp3) is 0.136. The number of carbonyl (C=O) groups is 1. The van der Waals surface area contributed by atoms with Gasteiger partial charge in [-0.2, -0.15) is 0 Å². The Morgan fingerprint density at radius 3 is 2.20 bits per heavy atom. The van der Waals surface area contributed by atoms with E-state index in [9.17, 15) is 9.90 Å². The topological polar surface area (TPSA) is 63.3 Å². The Morgan fingerprint density at radius 2 is 1.56 bits per heavy atom. The minimum Gasteiger partial charge on any atom is -0.508 e. The van der Waals surface area contributed by atoms with Crippen molar-refractivity contribution in [3.05, 3.63) is 90.0 Å². The second kappa shape index (κ2) is 7.67. The Hall–Kier alpha value is -3.07. The van der Waals surface area contributed by atoms with Crippen LogP contribution in [-0.4, -0.2) is 11.0 Å². The molecule has 126 valence electrons. The van der Waals surface area contributed by atoms with Crippen molar-refractivity contribution in [2.75, 3.05) is 0 Å². The van der Waals surface area contributed by atoms with Gasteiger partial charge in [-0.1, -0.05) is 66.7 Å². The molecular weight excluding hydrogens is 310 g/mol. The van der Waals surface area contributed by atoms with E-state index in [0.717, 1.165) is 22.3 Å². The molecule has 3 aromatic carbocycles. The van der Waals surface area contributed by atoms with Crippen LogP contribution in [-0.2, 0) is 11.2 Å². The van der Waals surface area contributed by atoms with Gasteiger partial charge in [-0.15, -0.1) is 0 Å². The molecule has 1 atom stereocenters. The molecule has 0 aromatic heterocycles. The molecule has 0 saturated heterocycles. The number of aryl methyl sites for hydroxylation is 1. The van der Waals surface area contributed by atoms with Gasteiger partial charge in [0.05, 0.1) is 5.92 Å². The number of nitrogens with two attached hydrogens (primary N) is 1. The summed E-state index contributed by atoms with van der Waals surface area (Å²) in [4.78, 5) is 11.9. The van der Waals surface area contributed by atoms with Crippen molar-refractivity contribution < 1.29 is 9.90 Å². The lowest BCUT2D eigenvalue weighted by Crippen LogP contribution is -2.22. The van der Waals surface area contributed by atoms with Crippen LogP contribution in [0.2, 0.25) is 0 Å². The molecule has 0 fully saturated rings. The second-order valence-corrected chi connectivity index (χ2v) is 6.15. The van der Waals surface area contributed by atoms with Crippen molar-refractivity contribution >= 4 is 5.91 Å². The summed E-state index contributed by atoms with van der Waals surface area (Å²) in [5.41, 5.74) is 9.79. The Labute approximate surface area is 147 Å². The van der Waals surface area contributed by atoms with Crippen LogP contribution in [0.25, 0.3) is 11.1 Å². The zero-order valence-electron chi connectivity index (χ0n) is 13.9. The number of phenols is 1. The number of aromatic hydroxyl groups is 1. The number of hydrogen-bond donors (Lipinski definition) is 2. The highest BCUT2D eigenvalue weighted by molar-refractivity contribution is 5.82. The Kier molecular flexibility index (Phi) is 5.14. The van der Waals surface area contributed by atoms with E-state index in [1.54, 1.807) is 18.2 Å². The first-order chi connectivity index (χ1) is 12.1. The minimum atomic E-state index is -0.341.